The van der Waals surface area contributed by atoms with Gasteiger partial charge in [0.15, 0.2) is 0 Å². The molecule has 2 unspecified atom stereocenters. The third-order valence-corrected chi connectivity index (χ3v) is 2.53. The van der Waals surface area contributed by atoms with Gasteiger partial charge in [-0.25, -0.2) is 0 Å². The Labute approximate surface area is 91.7 Å². The minimum Gasteiger partial charge on any atom is -0.383 e. The number of carbonyl (C=O) groups is 1. The van der Waals surface area contributed by atoms with Gasteiger partial charge in [-0.2, -0.15) is 0 Å². The molecular formula is C10H23N3O2. The molecule has 5 nitrogen and oxygen atoms in total. The summed E-state index contributed by atoms with van der Waals surface area (Å²) in [5.74, 6) is -0.481. The number of amides is 1. The van der Waals surface area contributed by atoms with Gasteiger partial charge in [0.2, 0.25) is 5.91 Å². The van der Waals surface area contributed by atoms with E-state index in [0.29, 0.717) is 13.2 Å². The molecule has 0 aromatic carbocycles. The number of hydrogen-bond acceptors (Lipinski definition) is 4. The number of hydrogen-bond donors (Lipinski definition) is 2. The molecule has 5 heteroatoms. The number of rotatable bonds is 7. The van der Waals surface area contributed by atoms with E-state index in [1.807, 2.05) is 13.8 Å². The largest absolute Gasteiger partial charge is 0.383 e. The van der Waals surface area contributed by atoms with E-state index in [2.05, 4.69) is 4.90 Å². The van der Waals surface area contributed by atoms with Gasteiger partial charge in [-0.1, -0.05) is 6.92 Å². The molecular weight excluding hydrogens is 194 g/mol. The van der Waals surface area contributed by atoms with Gasteiger partial charge in [-0.05, 0) is 20.4 Å². The number of carbonyl (C=O) groups excluding carboxylic acids is 1. The number of ether oxygens (including phenoxy) is 1. The smallest absolute Gasteiger partial charge is 0.238 e. The lowest BCUT2D eigenvalue weighted by atomic mass is 10.0. The molecule has 0 rings (SSSR count). The molecule has 0 aromatic heterocycles. The fourth-order valence-electron chi connectivity index (χ4n) is 1.43. The molecule has 1 amide bonds. The molecule has 4 N–H and O–H groups in total. The summed E-state index contributed by atoms with van der Waals surface area (Å²) in [6, 6.07) is 0.224. The van der Waals surface area contributed by atoms with Crippen LogP contribution in [0.25, 0.3) is 0 Å². The van der Waals surface area contributed by atoms with Crippen LogP contribution in [0.4, 0.5) is 0 Å². The minimum absolute atomic E-state index is 0.224. The number of likely N-dealkylation sites (N-methyl/N-ethyl adjacent to an activating group) is 1. The number of methoxy groups -OCH3 is 1. The first-order valence-electron chi connectivity index (χ1n) is 5.17. The SMILES string of the molecule is CCN(CC(C)(N)C(N)=O)C(C)COC. The highest BCUT2D eigenvalue weighted by Gasteiger charge is 2.29. The third-order valence-electron chi connectivity index (χ3n) is 2.53. The van der Waals surface area contributed by atoms with Crippen LogP contribution in [-0.2, 0) is 9.53 Å². The van der Waals surface area contributed by atoms with Crippen LogP contribution in [0, 0.1) is 0 Å². The molecule has 0 aliphatic heterocycles. The molecule has 2 atom stereocenters. The number of nitrogens with zero attached hydrogens (tertiary/aromatic N) is 1. The monoisotopic (exact) mass is 217 g/mol. The molecule has 0 bridgehead atoms. The highest BCUT2D eigenvalue weighted by atomic mass is 16.5. The zero-order valence-corrected chi connectivity index (χ0v) is 10.1. The van der Waals surface area contributed by atoms with Crippen LogP contribution >= 0.6 is 0 Å². The fourth-order valence-corrected chi connectivity index (χ4v) is 1.43. The van der Waals surface area contributed by atoms with E-state index in [0.717, 1.165) is 6.54 Å². The van der Waals surface area contributed by atoms with Gasteiger partial charge in [-0.3, -0.25) is 9.69 Å². The van der Waals surface area contributed by atoms with E-state index in [4.69, 9.17) is 16.2 Å². The molecule has 0 aliphatic rings. The Balaban J connectivity index is 4.38. The highest BCUT2D eigenvalue weighted by molar-refractivity contribution is 5.84. The van der Waals surface area contributed by atoms with Crippen molar-refractivity contribution in [1.29, 1.82) is 0 Å². The maximum atomic E-state index is 11.1. The summed E-state index contributed by atoms with van der Waals surface area (Å²) < 4.78 is 5.06. The second kappa shape index (κ2) is 6.05. The van der Waals surface area contributed by atoms with E-state index >= 15 is 0 Å². The molecule has 0 aliphatic carbocycles. The third kappa shape index (κ3) is 4.59. The zero-order valence-electron chi connectivity index (χ0n) is 10.1. The lowest BCUT2D eigenvalue weighted by molar-refractivity contribution is -0.123. The molecule has 0 spiro atoms. The lowest BCUT2D eigenvalue weighted by Crippen LogP contribution is -2.58. The standard InChI is InChI=1S/C10H23N3O2/c1-5-13(8(2)6-15-4)7-10(3,12)9(11)14/h8H,5-7,12H2,1-4H3,(H2,11,14). The van der Waals surface area contributed by atoms with E-state index < -0.39 is 11.4 Å². The first-order valence-corrected chi connectivity index (χ1v) is 5.17. The maximum absolute atomic E-state index is 11.1. The van der Waals surface area contributed by atoms with Crippen molar-refractivity contribution in [3.63, 3.8) is 0 Å². The summed E-state index contributed by atoms with van der Waals surface area (Å²) in [5, 5.41) is 0. The summed E-state index contributed by atoms with van der Waals surface area (Å²) in [5.41, 5.74) is 10.1. The van der Waals surface area contributed by atoms with E-state index in [1.54, 1.807) is 14.0 Å². The van der Waals surface area contributed by atoms with Crippen molar-refractivity contribution < 1.29 is 9.53 Å². The lowest BCUT2D eigenvalue weighted by Gasteiger charge is -2.33. The van der Waals surface area contributed by atoms with E-state index in [-0.39, 0.29) is 6.04 Å². The quantitative estimate of drug-likeness (QED) is 0.605. The number of nitrogens with two attached hydrogens (primary N) is 2. The molecule has 0 heterocycles. The van der Waals surface area contributed by atoms with Crippen molar-refractivity contribution >= 4 is 5.91 Å². The van der Waals surface area contributed by atoms with Gasteiger partial charge in [0.05, 0.1) is 6.61 Å². The van der Waals surface area contributed by atoms with Crippen molar-refractivity contribution in [3.8, 4) is 0 Å². The topological polar surface area (TPSA) is 81.6 Å². The first kappa shape index (κ1) is 14.3. The summed E-state index contributed by atoms with van der Waals surface area (Å²) in [6.45, 7) is 7.57. The Morgan fingerprint density at radius 3 is 2.47 bits per heavy atom. The summed E-state index contributed by atoms with van der Waals surface area (Å²) in [4.78, 5) is 13.2. The van der Waals surface area contributed by atoms with Crippen molar-refractivity contribution in [1.82, 2.24) is 4.90 Å². The molecule has 0 radical (unpaired) electrons. The second-order valence-corrected chi connectivity index (χ2v) is 4.15. The van der Waals surface area contributed by atoms with Crippen LogP contribution in [0.1, 0.15) is 20.8 Å². The van der Waals surface area contributed by atoms with Crippen LogP contribution in [0.3, 0.4) is 0 Å². The Morgan fingerprint density at radius 1 is 1.60 bits per heavy atom. The predicted octanol–water partition coefficient (Wildman–Crippen LogP) is -0.454. The summed E-state index contributed by atoms with van der Waals surface area (Å²) in [7, 11) is 1.65. The van der Waals surface area contributed by atoms with Gasteiger partial charge < -0.3 is 16.2 Å². The van der Waals surface area contributed by atoms with Gasteiger partial charge in [0.25, 0.3) is 0 Å². The highest BCUT2D eigenvalue weighted by Crippen LogP contribution is 2.06. The molecule has 0 saturated heterocycles. The average molecular weight is 217 g/mol. The van der Waals surface area contributed by atoms with Gasteiger partial charge in [0, 0.05) is 19.7 Å². The number of primary amides is 1. The minimum atomic E-state index is -0.988. The average Bonchev–Trinajstić information content (AvgIpc) is 2.14. The molecule has 0 fully saturated rings. The predicted molar refractivity (Wildman–Crippen MR) is 60.4 cm³/mol. The fraction of sp³-hybridized carbons (Fsp3) is 0.900. The van der Waals surface area contributed by atoms with Gasteiger partial charge in [0.1, 0.15) is 5.54 Å². The molecule has 0 aromatic rings. The van der Waals surface area contributed by atoms with Crippen molar-refractivity contribution in [2.75, 3.05) is 26.8 Å². The van der Waals surface area contributed by atoms with Crippen molar-refractivity contribution in [2.24, 2.45) is 11.5 Å². The molecule has 15 heavy (non-hydrogen) atoms. The summed E-state index contributed by atoms with van der Waals surface area (Å²) in [6.07, 6.45) is 0. The van der Waals surface area contributed by atoms with Crippen LogP contribution in [-0.4, -0.2) is 49.2 Å². The second-order valence-electron chi connectivity index (χ2n) is 4.15. The van der Waals surface area contributed by atoms with Crippen LogP contribution in [0.5, 0.6) is 0 Å². The molecule has 0 saturated carbocycles. The Kier molecular flexibility index (Phi) is 5.79. The van der Waals surface area contributed by atoms with Gasteiger partial charge >= 0.3 is 0 Å². The van der Waals surface area contributed by atoms with Gasteiger partial charge in [-0.15, -0.1) is 0 Å². The summed E-state index contributed by atoms with van der Waals surface area (Å²) >= 11 is 0. The normalized spacial score (nSPS) is 17.5. The Bertz CT molecular complexity index is 207. The van der Waals surface area contributed by atoms with E-state index in [9.17, 15) is 4.79 Å². The zero-order chi connectivity index (χ0) is 12.1. The maximum Gasteiger partial charge on any atom is 0.238 e. The van der Waals surface area contributed by atoms with E-state index in [1.165, 1.54) is 0 Å². The molecule has 90 valence electrons. The van der Waals surface area contributed by atoms with Crippen molar-refractivity contribution in [3.05, 3.63) is 0 Å². The first-order chi connectivity index (χ1) is 6.85. The van der Waals surface area contributed by atoms with Crippen molar-refractivity contribution in [2.45, 2.75) is 32.4 Å². The Morgan fingerprint density at radius 2 is 2.13 bits per heavy atom. The van der Waals surface area contributed by atoms with Crippen LogP contribution in [0.2, 0.25) is 0 Å². The van der Waals surface area contributed by atoms with Crippen LogP contribution < -0.4 is 11.5 Å². The Hall–Kier alpha value is -0.650. The van der Waals surface area contributed by atoms with Crippen LogP contribution in [0.15, 0.2) is 0 Å².